The molecule has 2 aromatic rings. The molecule has 2 aromatic carbocycles. The van der Waals surface area contributed by atoms with E-state index in [1.54, 1.807) is 30.4 Å². The first-order valence-electron chi connectivity index (χ1n) is 8.25. The molecule has 0 radical (unpaired) electrons. The molecule has 134 valence electrons. The average molecular weight is 390 g/mol. The van der Waals surface area contributed by atoms with E-state index in [0.717, 1.165) is 16.8 Å². The van der Waals surface area contributed by atoms with Gasteiger partial charge in [0, 0.05) is 17.7 Å². The smallest absolute Gasteiger partial charge is 0.248 e. The van der Waals surface area contributed by atoms with Crippen LogP contribution in [-0.4, -0.2) is 11.6 Å². The molecular weight excluding hydrogens is 372 g/mol. The number of aryl methyl sites for hydroxylation is 1. The van der Waals surface area contributed by atoms with Crippen LogP contribution in [0.5, 0.6) is 0 Å². The minimum absolute atomic E-state index is 0.234. The van der Waals surface area contributed by atoms with Crippen LogP contribution in [-0.2, 0) is 4.79 Å². The molecule has 1 N–H and O–H groups in total. The fourth-order valence-corrected chi connectivity index (χ4v) is 3.11. The number of rotatable bonds is 5. The molecule has 2 atom stereocenters. The molecule has 0 spiro atoms. The van der Waals surface area contributed by atoms with Crippen LogP contribution in [0.2, 0.25) is 10.0 Å². The van der Waals surface area contributed by atoms with Gasteiger partial charge in [-0.2, -0.15) is 0 Å². The first kappa shape index (κ1) is 18.7. The quantitative estimate of drug-likeness (QED) is 0.475. The Labute approximate surface area is 162 Å². The lowest BCUT2D eigenvalue weighted by Gasteiger charge is -2.05. The van der Waals surface area contributed by atoms with Crippen LogP contribution < -0.4 is 5.32 Å². The number of hydrogen-bond donors (Lipinski definition) is 1. The van der Waals surface area contributed by atoms with E-state index < -0.39 is 5.67 Å². The van der Waals surface area contributed by atoms with Crippen molar-refractivity contribution in [2.75, 3.05) is 5.32 Å². The van der Waals surface area contributed by atoms with E-state index >= 15 is 0 Å². The van der Waals surface area contributed by atoms with Crippen molar-refractivity contribution < 1.29 is 9.18 Å². The molecule has 0 aromatic heterocycles. The monoisotopic (exact) mass is 389 g/mol. The summed E-state index contributed by atoms with van der Waals surface area (Å²) >= 11 is 11.9. The maximum atomic E-state index is 14.7. The van der Waals surface area contributed by atoms with E-state index in [4.69, 9.17) is 23.2 Å². The molecule has 5 heteroatoms. The van der Waals surface area contributed by atoms with Crippen molar-refractivity contribution in [3.63, 3.8) is 0 Å². The number of carbonyl (C=O) groups is 1. The Hall–Kier alpha value is -2.10. The highest BCUT2D eigenvalue weighted by atomic mass is 35.5. The van der Waals surface area contributed by atoms with Gasteiger partial charge in [-0.25, -0.2) is 4.39 Å². The fraction of sp³-hybridized carbons (Fsp3) is 0.190. The number of nitrogens with one attached hydrogen (secondary N) is 1. The lowest BCUT2D eigenvalue weighted by Crippen LogP contribution is -2.08. The summed E-state index contributed by atoms with van der Waals surface area (Å²) in [6, 6.07) is 12.7. The lowest BCUT2D eigenvalue weighted by molar-refractivity contribution is -0.111. The van der Waals surface area contributed by atoms with Gasteiger partial charge in [0.05, 0.1) is 10.0 Å². The first-order chi connectivity index (χ1) is 12.4. The first-order valence-corrected chi connectivity index (χ1v) is 9.01. The zero-order valence-corrected chi connectivity index (χ0v) is 15.7. The van der Waals surface area contributed by atoms with Crippen LogP contribution in [0, 0.1) is 6.92 Å². The summed E-state index contributed by atoms with van der Waals surface area (Å²) in [5.74, 6) is -0.489. The zero-order valence-electron chi connectivity index (χ0n) is 14.2. The predicted octanol–water partition coefficient (Wildman–Crippen LogP) is 6.25. The van der Waals surface area contributed by atoms with E-state index in [9.17, 15) is 9.18 Å². The van der Waals surface area contributed by atoms with Crippen LogP contribution in [0.25, 0.3) is 0 Å². The van der Waals surface area contributed by atoms with E-state index in [0.29, 0.717) is 16.5 Å². The number of allylic oxidation sites excluding steroid dienone is 3. The Kier molecular flexibility index (Phi) is 5.49. The zero-order chi connectivity index (χ0) is 18.7. The molecule has 26 heavy (non-hydrogen) atoms. The Bertz CT molecular complexity index is 893. The van der Waals surface area contributed by atoms with Crippen LogP contribution in [0.4, 0.5) is 10.1 Å². The van der Waals surface area contributed by atoms with Crippen LogP contribution in [0.1, 0.15) is 23.5 Å². The van der Waals surface area contributed by atoms with Gasteiger partial charge in [-0.3, -0.25) is 4.79 Å². The Morgan fingerprint density at radius 1 is 1.19 bits per heavy atom. The summed E-state index contributed by atoms with van der Waals surface area (Å²) in [6.45, 7) is 1.92. The Morgan fingerprint density at radius 3 is 2.69 bits per heavy atom. The van der Waals surface area contributed by atoms with Gasteiger partial charge in [0.2, 0.25) is 5.91 Å². The van der Waals surface area contributed by atoms with E-state index in [1.807, 2.05) is 31.2 Å². The molecular formula is C21H18Cl2FNO. The number of carbonyl (C=O) groups excluding carboxylic acids is 1. The largest absolute Gasteiger partial charge is 0.322 e. The summed E-state index contributed by atoms with van der Waals surface area (Å²) in [7, 11) is 0. The number of benzene rings is 2. The number of anilines is 1. The predicted molar refractivity (Wildman–Crippen MR) is 106 cm³/mol. The van der Waals surface area contributed by atoms with Crippen molar-refractivity contribution in [1.82, 2.24) is 0 Å². The van der Waals surface area contributed by atoms with Crippen molar-refractivity contribution in [3.8, 4) is 0 Å². The molecule has 3 rings (SSSR count). The summed E-state index contributed by atoms with van der Waals surface area (Å²) in [5.41, 5.74) is 1.16. The van der Waals surface area contributed by atoms with Gasteiger partial charge in [0.1, 0.15) is 5.67 Å². The molecule has 0 heterocycles. The number of halogens is 3. The molecule has 0 aliphatic heterocycles. The molecule has 1 saturated carbocycles. The molecule has 1 fully saturated rings. The van der Waals surface area contributed by atoms with Gasteiger partial charge in [-0.05, 0) is 48.7 Å². The van der Waals surface area contributed by atoms with Crippen LogP contribution >= 0.6 is 23.2 Å². The second-order valence-corrected chi connectivity index (χ2v) is 7.19. The minimum atomic E-state index is -1.41. The molecule has 2 unspecified atom stereocenters. The maximum absolute atomic E-state index is 14.7. The summed E-state index contributed by atoms with van der Waals surface area (Å²) in [6.07, 6.45) is 6.36. The van der Waals surface area contributed by atoms with Crippen molar-refractivity contribution in [3.05, 3.63) is 87.9 Å². The van der Waals surface area contributed by atoms with Gasteiger partial charge < -0.3 is 5.32 Å². The van der Waals surface area contributed by atoms with Gasteiger partial charge in [0.15, 0.2) is 0 Å². The second kappa shape index (κ2) is 7.65. The Morgan fingerprint density at radius 2 is 1.96 bits per heavy atom. The molecule has 0 bridgehead atoms. The SMILES string of the molecule is Cc1ccccc1NC(=O)/C=C/C=C/C1(F)CC1c1ccc(Cl)c(Cl)c1. The second-order valence-electron chi connectivity index (χ2n) is 6.38. The topological polar surface area (TPSA) is 29.1 Å². The van der Waals surface area contributed by atoms with E-state index in [-0.39, 0.29) is 11.8 Å². The van der Waals surface area contributed by atoms with E-state index in [1.165, 1.54) is 12.2 Å². The van der Waals surface area contributed by atoms with Gasteiger partial charge in [0.25, 0.3) is 0 Å². The van der Waals surface area contributed by atoms with Gasteiger partial charge in [-0.1, -0.05) is 59.6 Å². The third-order valence-corrected chi connectivity index (χ3v) is 5.16. The third kappa shape index (κ3) is 4.35. The molecule has 1 aliphatic carbocycles. The van der Waals surface area contributed by atoms with E-state index in [2.05, 4.69) is 5.32 Å². The summed E-state index contributed by atoms with van der Waals surface area (Å²) < 4.78 is 14.7. The van der Waals surface area contributed by atoms with Gasteiger partial charge >= 0.3 is 0 Å². The Balaban J connectivity index is 1.57. The fourth-order valence-electron chi connectivity index (χ4n) is 2.81. The standard InChI is InChI=1S/C21H18Cl2FNO/c1-14-6-2-3-7-19(14)25-20(26)8-4-5-11-21(24)13-16(21)15-9-10-17(22)18(23)12-15/h2-12,16H,13H2,1H3,(H,25,26)/b8-4+,11-5+. The van der Waals surface area contributed by atoms with Crippen molar-refractivity contribution in [2.45, 2.75) is 24.9 Å². The van der Waals surface area contributed by atoms with Crippen molar-refractivity contribution in [2.24, 2.45) is 0 Å². The summed E-state index contributed by atoms with van der Waals surface area (Å²) in [5, 5.41) is 3.67. The molecule has 1 amide bonds. The normalized spacial score (nSPS) is 22.1. The van der Waals surface area contributed by atoms with Crippen LogP contribution in [0.3, 0.4) is 0 Å². The summed E-state index contributed by atoms with van der Waals surface area (Å²) in [4.78, 5) is 11.9. The van der Waals surface area contributed by atoms with Crippen molar-refractivity contribution >= 4 is 34.8 Å². The minimum Gasteiger partial charge on any atom is -0.322 e. The highest BCUT2D eigenvalue weighted by Crippen LogP contribution is 2.56. The highest BCUT2D eigenvalue weighted by molar-refractivity contribution is 6.42. The number of hydrogen-bond acceptors (Lipinski definition) is 1. The molecule has 1 aliphatic rings. The van der Waals surface area contributed by atoms with Crippen LogP contribution in [0.15, 0.2) is 66.8 Å². The molecule has 2 nitrogen and oxygen atoms in total. The lowest BCUT2D eigenvalue weighted by atomic mass is 10.1. The number of alkyl halides is 1. The van der Waals surface area contributed by atoms with Gasteiger partial charge in [-0.15, -0.1) is 0 Å². The third-order valence-electron chi connectivity index (χ3n) is 4.42. The molecule has 0 saturated heterocycles. The highest BCUT2D eigenvalue weighted by Gasteiger charge is 2.54. The van der Waals surface area contributed by atoms with Crippen molar-refractivity contribution in [1.29, 1.82) is 0 Å². The maximum Gasteiger partial charge on any atom is 0.248 e. The number of amides is 1. The number of para-hydroxylation sites is 1. The average Bonchev–Trinajstić information content (AvgIpc) is 3.28.